The number of hydrogen-bond donors (Lipinski definition) is 1. The van der Waals surface area contributed by atoms with Crippen molar-refractivity contribution < 1.29 is 0 Å². The summed E-state index contributed by atoms with van der Waals surface area (Å²) in [6.07, 6.45) is 4.11. The molecular formula is C15H17BrN2. The van der Waals surface area contributed by atoms with Crippen LogP contribution in [-0.2, 0) is 13.0 Å². The molecule has 3 heteroatoms. The highest BCUT2D eigenvalue weighted by atomic mass is 79.9. The molecule has 1 heterocycles. The van der Waals surface area contributed by atoms with Crippen molar-refractivity contribution in [2.45, 2.75) is 19.4 Å². The molecule has 0 spiro atoms. The first kappa shape index (κ1) is 13.2. The summed E-state index contributed by atoms with van der Waals surface area (Å²) in [5, 5.41) is 3.41. The molecule has 0 saturated heterocycles. The molecule has 0 radical (unpaired) electrons. The molecule has 0 bridgehead atoms. The largest absolute Gasteiger partial charge is 0.311 e. The van der Waals surface area contributed by atoms with Gasteiger partial charge in [-0.05, 0) is 53.0 Å². The molecule has 2 aromatic rings. The summed E-state index contributed by atoms with van der Waals surface area (Å²) in [5.74, 6) is 0. The second-order valence-corrected chi connectivity index (χ2v) is 5.15. The minimum Gasteiger partial charge on any atom is -0.311 e. The van der Waals surface area contributed by atoms with E-state index in [1.165, 1.54) is 5.56 Å². The molecule has 0 unspecified atom stereocenters. The van der Waals surface area contributed by atoms with E-state index >= 15 is 0 Å². The van der Waals surface area contributed by atoms with Crippen LogP contribution in [0.4, 0.5) is 0 Å². The van der Waals surface area contributed by atoms with Crippen LogP contribution in [-0.4, -0.2) is 11.5 Å². The molecule has 0 aliphatic rings. The topological polar surface area (TPSA) is 24.9 Å². The number of halogens is 1. The first-order valence-electron chi connectivity index (χ1n) is 6.20. The molecule has 1 aromatic carbocycles. The molecule has 0 amide bonds. The van der Waals surface area contributed by atoms with E-state index in [9.17, 15) is 0 Å². The maximum atomic E-state index is 4.32. The summed E-state index contributed by atoms with van der Waals surface area (Å²) >= 11 is 3.38. The van der Waals surface area contributed by atoms with Crippen molar-refractivity contribution >= 4 is 15.9 Å². The number of rotatable bonds is 6. The fraction of sp³-hybridized carbons (Fsp3) is 0.267. The van der Waals surface area contributed by atoms with E-state index in [1.807, 2.05) is 18.3 Å². The van der Waals surface area contributed by atoms with Crippen LogP contribution >= 0.6 is 15.9 Å². The maximum Gasteiger partial charge on any atom is 0.0542 e. The van der Waals surface area contributed by atoms with Gasteiger partial charge in [0.2, 0.25) is 0 Å². The Labute approximate surface area is 117 Å². The van der Waals surface area contributed by atoms with E-state index in [4.69, 9.17) is 0 Å². The first-order chi connectivity index (χ1) is 8.84. The molecule has 2 nitrogen and oxygen atoms in total. The highest BCUT2D eigenvalue weighted by Gasteiger charge is 1.95. The van der Waals surface area contributed by atoms with E-state index in [0.717, 1.165) is 36.1 Å². The predicted molar refractivity (Wildman–Crippen MR) is 78.4 cm³/mol. The molecular weight excluding hydrogens is 288 g/mol. The highest BCUT2D eigenvalue weighted by Crippen LogP contribution is 2.07. The molecule has 0 aliphatic carbocycles. The van der Waals surface area contributed by atoms with E-state index in [2.05, 4.69) is 56.6 Å². The van der Waals surface area contributed by atoms with Crippen LogP contribution in [0, 0.1) is 0 Å². The van der Waals surface area contributed by atoms with Gasteiger partial charge in [-0.25, -0.2) is 0 Å². The second kappa shape index (κ2) is 7.29. The molecule has 0 atom stereocenters. The lowest BCUT2D eigenvalue weighted by molar-refractivity contribution is 0.640. The number of hydrogen-bond acceptors (Lipinski definition) is 2. The number of aryl methyl sites for hydroxylation is 1. The molecule has 0 fully saturated rings. The van der Waals surface area contributed by atoms with Gasteiger partial charge in [-0.1, -0.05) is 30.3 Å². The Morgan fingerprint density at radius 1 is 1.06 bits per heavy atom. The molecule has 18 heavy (non-hydrogen) atoms. The van der Waals surface area contributed by atoms with Crippen molar-refractivity contribution in [1.82, 2.24) is 10.3 Å². The van der Waals surface area contributed by atoms with Gasteiger partial charge in [0, 0.05) is 17.2 Å². The predicted octanol–water partition coefficient (Wildman–Crippen LogP) is 3.57. The van der Waals surface area contributed by atoms with Crippen molar-refractivity contribution in [1.29, 1.82) is 0 Å². The van der Waals surface area contributed by atoms with Gasteiger partial charge in [0.15, 0.2) is 0 Å². The molecule has 0 aliphatic heterocycles. The minimum absolute atomic E-state index is 0.835. The Kier molecular flexibility index (Phi) is 5.36. The van der Waals surface area contributed by atoms with E-state index in [0.29, 0.717) is 0 Å². The van der Waals surface area contributed by atoms with Crippen LogP contribution in [0.15, 0.2) is 53.1 Å². The summed E-state index contributed by atoms with van der Waals surface area (Å²) in [6.45, 7) is 1.86. The smallest absolute Gasteiger partial charge is 0.0542 e. The van der Waals surface area contributed by atoms with Crippen LogP contribution in [0.2, 0.25) is 0 Å². The van der Waals surface area contributed by atoms with Crippen molar-refractivity contribution in [3.05, 3.63) is 64.4 Å². The van der Waals surface area contributed by atoms with Gasteiger partial charge in [-0.3, -0.25) is 4.98 Å². The number of benzene rings is 1. The summed E-state index contributed by atoms with van der Waals surface area (Å²) in [7, 11) is 0. The molecule has 1 aromatic heterocycles. The van der Waals surface area contributed by atoms with E-state index < -0.39 is 0 Å². The third-order valence-corrected chi connectivity index (χ3v) is 3.23. The molecule has 0 saturated carbocycles. The van der Waals surface area contributed by atoms with Crippen molar-refractivity contribution in [2.24, 2.45) is 0 Å². The zero-order valence-corrected chi connectivity index (χ0v) is 11.9. The third-order valence-electron chi connectivity index (χ3n) is 2.76. The Bertz CT molecular complexity index is 454. The maximum absolute atomic E-state index is 4.32. The van der Waals surface area contributed by atoms with Crippen LogP contribution in [0.25, 0.3) is 0 Å². The third kappa shape index (κ3) is 4.59. The minimum atomic E-state index is 0.835. The van der Waals surface area contributed by atoms with Gasteiger partial charge in [-0.15, -0.1) is 0 Å². The Balaban J connectivity index is 1.63. The van der Waals surface area contributed by atoms with Gasteiger partial charge in [-0.2, -0.15) is 0 Å². The van der Waals surface area contributed by atoms with Gasteiger partial charge in [0.25, 0.3) is 0 Å². The fourth-order valence-electron chi connectivity index (χ4n) is 1.79. The monoisotopic (exact) mass is 304 g/mol. The Morgan fingerprint density at radius 2 is 1.89 bits per heavy atom. The molecule has 94 valence electrons. The number of nitrogens with one attached hydrogen (secondary N) is 1. The van der Waals surface area contributed by atoms with Crippen LogP contribution in [0.3, 0.4) is 0 Å². The number of pyridine rings is 1. The average molecular weight is 305 g/mol. The zero-order chi connectivity index (χ0) is 12.6. The van der Waals surface area contributed by atoms with E-state index in [-0.39, 0.29) is 0 Å². The standard InChI is InChI=1S/C15H17BrN2/c16-14-8-9-15(18-11-14)12-17-10-4-7-13-5-2-1-3-6-13/h1-3,5-6,8-9,11,17H,4,7,10,12H2. The fourth-order valence-corrected chi connectivity index (χ4v) is 2.02. The van der Waals surface area contributed by atoms with Gasteiger partial charge in [0.05, 0.1) is 5.69 Å². The molecule has 2 rings (SSSR count). The zero-order valence-electron chi connectivity index (χ0n) is 10.3. The van der Waals surface area contributed by atoms with Crippen molar-refractivity contribution in [2.75, 3.05) is 6.54 Å². The second-order valence-electron chi connectivity index (χ2n) is 4.23. The summed E-state index contributed by atoms with van der Waals surface area (Å²) in [5.41, 5.74) is 2.49. The van der Waals surface area contributed by atoms with Gasteiger partial charge < -0.3 is 5.32 Å². The lowest BCUT2D eigenvalue weighted by Crippen LogP contribution is -2.16. The Hall–Kier alpha value is -1.19. The number of aromatic nitrogens is 1. The van der Waals surface area contributed by atoms with Gasteiger partial charge >= 0.3 is 0 Å². The Morgan fingerprint density at radius 3 is 2.61 bits per heavy atom. The SMILES string of the molecule is Brc1ccc(CNCCCc2ccccc2)nc1. The number of nitrogens with zero attached hydrogens (tertiary/aromatic N) is 1. The van der Waals surface area contributed by atoms with Crippen LogP contribution in [0.1, 0.15) is 17.7 Å². The quantitative estimate of drug-likeness (QED) is 0.825. The van der Waals surface area contributed by atoms with Crippen molar-refractivity contribution in [3.63, 3.8) is 0 Å². The average Bonchev–Trinajstić information content (AvgIpc) is 2.42. The first-order valence-corrected chi connectivity index (χ1v) is 6.99. The van der Waals surface area contributed by atoms with Crippen molar-refractivity contribution in [3.8, 4) is 0 Å². The molecule has 1 N–H and O–H groups in total. The normalized spacial score (nSPS) is 10.5. The van der Waals surface area contributed by atoms with E-state index in [1.54, 1.807) is 0 Å². The van der Waals surface area contributed by atoms with Crippen LogP contribution < -0.4 is 5.32 Å². The summed E-state index contributed by atoms with van der Waals surface area (Å²) in [6, 6.07) is 14.7. The summed E-state index contributed by atoms with van der Waals surface area (Å²) in [4.78, 5) is 4.32. The highest BCUT2D eigenvalue weighted by molar-refractivity contribution is 9.10. The lowest BCUT2D eigenvalue weighted by Gasteiger charge is -2.04. The lowest BCUT2D eigenvalue weighted by atomic mass is 10.1. The summed E-state index contributed by atoms with van der Waals surface area (Å²) < 4.78 is 1.02. The van der Waals surface area contributed by atoms with Crippen LogP contribution in [0.5, 0.6) is 0 Å². The van der Waals surface area contributed by atoms with Gasteiger partial charge in [0.1, 0.15) is 0 Å².